The number of nitrogens with zero attached hydrogens (tertiary/aromatic N) is 2. The Balaban J connectivity index is 1.97. The molecule has 1 aromatic rings. The van der Waals surface area contributed by atoms with E-state index in [1.807, 2.05) is 13.8 Å². The third-order valence-electron chi connectivity index (χ3n) is 4.31. The number of rotatable bonds is 4. The van der Waals surface area contributed by atoms with Crippen molar-refractivity contribution in [1.29, 1.82) is 0 Å². The number of carboxylic acid groups (broad SMARTS) is 1. The second kappa shape index (κ2) is 5.59. The highest BCUT2D eigenvalue weighted by atomic mass is 32.1. The van der Waals surface area contributed by atoms with Gasteiger partial charge in [-0.15, -0.1) is 11.3 Å². The van der Waals surface area contributed by atoms with E-state index in [1.54, 1.807) is 11.3 Å². The number of aliphatic carboxylic acids is 1. The maximum absolute atomic E-state index is 11.4. The average molecular weight is 282 g/mol. The van der Waals surface area contributed by atoms with Crippen molar-refractivity contribution in [3.05, 3.63) is 15.6 Å². The van der Waals surface area contributed by atoms with Gasteiger partial charge in [0.1, 0.15) is 0 Å². The minimum atomic E-state index is -0.625. The molecular weight excluding hydrogens is 260 g/mol. The summed E-state index contributed by atoms with van der Waals surface area (Å²) in [5.74, 6) is -0.625. The average Bonchev–Trinajstić information content (AvgIpc) is 2.69. The van der Waals surface area contributed by atoms with Crippen LogP contribution >= 0.6 is 11.3 Å². The van der Waals surface area contributed by atoms with Crippen LogP contribution in [0.3, 0.4) is 0 Å². The lowest BCUT2D eigenvalue weighted by Crippen LogP contribution is -2.43. The van der Waals surface area contributed by atoms with Crippen LogP contribution in [0.15, 0.2) is 0 Å². The molecule has 1 aliphatic heterocycles. The van der Waals surface area contributed by atoms with Crippen LogP contribution in [0.1, 0.15) is 41.8 Å². The fourth-order valence-corrected chi connectivity index (χ4v) is 3.76. The normalized spacial score (nSPS) is 19.5. The Bertz CT molecular complexity index is 462. The van der Waals surface area contributed by atoms with E-state index < -0.39 is 11.4 Å². The van der Waals surface area contributed by atoms with Gasteiger partial charge in [0.15, 0.2) is 0 Å². The summed E-state index contributed by atoms with van der Waals surface area (Å²) in [6.07, 6.45) is 2.25. The van der Waals surface area contributed by atoms with E-state index in [1.165, 1.54) is 4.88 Å². The first kappa shape index (κ1) is 14.5. The molecule has 0 atom stereocenters. The van der Waals surface area contributed by atoms with E-state index >= 15 is 0 Å². The zero-order chi connectivity index (χ0) is 14.0. The van der Waals surface area contributed by atoms with Crippen LogP contribution in [0.2, 0.25) is 0 Å². The van der Waals surface area contributed by atoms with Gasteiger partial charge in [-0.2, -0.15) is 0 Å². The number of likely N-dealkylation sites (tertiary alicyclic amines) is 1. The predicted molar refractivity (Wildman–Crippen MR) is 76.5 cm³/mol. The molecule has 1 saturated heterocycles. The van der Waals surface area contributed by atoms with Crippen LogP contribution in [-0.4, -0.2) is 34.0 Å². The standard InChI is InChI=1S/C14H22N2O2S/c1-4-14(13(17)18)5-7-16(8-6-14)9-12-10(2)15-11(3)19-12/h4-9H2,1-3H3,(H,17,18). The van der Waals surface area contributed by atoms with E-state index in [0.717, 1.165) is 49.6 Å². The summed E-state index contributed by atoms with van der Waals surface area (Å²) >= 11 is 1.75. The van der Waals surface area contributed by atoms with Gasteiger partial charge in [-0.05, 0) is 46.2 Å². The van der Waals surface area contributed by atoms with Crippen LogP contribution in [0.25, 0.3) is 0 Å². The van der Waals surface area contributed by atoms with E-state index in [9.17, 15) is 9.90 Å². The maximum Gasteiger partial charge on any atom is 0.309 e. The van der Waals surface area contributed by atoms with Gasteiger partial charge in [0.2, 0.25) is 0 Å². The molecule has 0 radical (unpaired) electrons. The lowest BCUT2D eigenvalue weighted by atomic mass is 9.76. The molecule has 106 valence electrons. The molecule has 1 N–H and O–H groups in total. The third kappa shape index (κ3) is 2.98. The molecule has 0 bridgehead atoms. The Labute approximate surface area is 118 Å². The Morgan fingerprint density at radius 3 is 2.47 bits per heavy atom. The molecule has 0 amide bonds. The molecular formula is C14H22N2O2S. The van der Waals surface area contributed by atoms with Gasteiger partial charge in [0.25, 0.3) is 0 Å². The van der Waals surface area contributed by atoms with Crippen molar-refractivity contribution in [2.24, 2.45) is 5.41 Å². The summed E-state index contributed by atoms with van der Waals surface area (Å²) in [6.45, 7) is 8.73. The molecule has 0 unspecified atom stereocenters. The fourth-order valence-electron chi connectivity index (χ4n) is 2.78. The number of aryl methyl sites for hydroxylation is 2. The second-order valence-electron chi connectivity index (χ2n) is 5.46. The topological polar surface area (TPSA) is 53.4 Å². The summed E-state index contributed by atoms with van der Waals surface area (Å²) < 4.78 is 0. The molecule has 4 nitrogen and oxygen atoms in total. The SMILES string of the molecule is CCC1(C(=O)O)CCN(Cc2sc(C)nc2C)CC1. The number of hydrogen-bond donors (Lipinski definition) is 1. The smallest absolute Gasteiger partial charge is 0.309 e. The van der Waals surface area contributed by atoms with Crippen molar-refractivity contribution < 1.29 is 9.90 Å². The first-order valence-electron chi connectivity index (χ1n) is 6.85. The van der Waals surface area contributed by atoms with Gasteiger partial charge < -0.3 is 5.11 Å². The summed E-state index contributed by atoms with van der Waals surface area (Å²) in [7, 11) is 0. The molecule has 19 heavy (non-hydrogen) atoms. The lowest BCUT2D eigenvalue weighted by molar-refractivity contribution is -0.152. The third-order valence-corrected chi connectivity index (χ3v) is 5.37. The van der Waals surface area contributed by atoms with Crippen molar-refractivity contribution in [3.8, 4) is 0 Å². The largest absolute Gasteiger partial charge is 0.481 e. The predicted octanol–water partition coefficient (Wildman–Crippen LogP) is 2.84. The van der Waals surface area contributed by atoms with Crippen molar-refractivity contribution in [3.63, 3.8) is 0 Å². The zero-order valence-corrected chi connectivity index (χ0v) is 12.7. The highest BCUT2D eigenvalue weighted by Crippen LogP contribution is 2.35. The summed E-state index contributed by atoms with van der Waals surface area (Å²) in [4.78, 5) is 19.5. The van der Waals surface area contributed by atoms with Crippen LogP contribution in [0.5, 0.6) is 0 Å². The van der Waals surface area contributed by atoms with Crippen molar-refractivity contribution in [2.75, 3.05) is 13.1 Å². The van der Waals surface area contributed by atoms with Gasteiger partial charge in [-0.25, -0.2) is 4.98 Å². The quantitative estimate of drug-likeness (QED) is 0.922. The van der Waals surface area contributed by atoms with Gasteiger partial charge in [-0.3, -0.25) is 9.69 Å². The van der Waals surface area contributed by atoms with Crippen LogP contribution in [0, 0.1) is 19.3 Å². The summed E-state index contributed by atoms with van der Waals surface area (Å²) in [6, 6.07) is 0. The first-order chi connectivity index (χ1) is 8.97. The van der Waals surface area contributed by atoms with Gasteiger partial charge in [0, 0.05) is 11.4 Å². The highest BCUT2D eigenvalue weighted by molar-refractivity contribution is 7.11. The van der Waals surface area contributed by atoms with Gasteiger partial charge in [-0.1, -0.05) is 6.92 Å². The molecule has 0 aromatic carbocycles. The Morgan fingerprint density at radius 1 is 1.42 bits per heavy atom. The molecule has 1 aromatic heterocycles. The number of carbonyl (C=O) groups is 1. The maximum atomic E-state index is 11.4. The Morgan fingerprint density at radius 2 is 2.05 bits per heavy atom. The van der Waals surface area contributed by atoms with Crippen LogP contribution in [-0.2, 0) is 11.3 Å². The van der Waals surface area contributed by atoms with E-state index in [-0.39, 0.29) is 0 Å². The Kier molecular flexibility index (Phi) is 4.26. The summed E-state index contributed by atoms with van der Waals surface area (Å²) in [5, 5.41) is 10.5. The van der Waals surface area contributed by atoms with Crippen LogP contribution in [0.4, 0.5) is 0 Å². The Hall–Kier alpha value is -0.940. The molecule has 5 heteroatoms. The molecule has 0 spiro atoms. The molecule has 1 fully saturated rings. The molecule has 0 aliphatic carbocycles. The van der Waals surface area contributed by atoms with Crippen molar-refractivity contribution in [2.45, 2.75) is 46.6 Å². The number of thiazole rings is 1. The van der Waals surface area contributed by atoms with E-state index in [0.29, 0.717) is 0 Å². The fraction of sp³-hybridized carbons (Fsp3) is 0.714. The zero-order valence-electron chi connectivity index (χ0n) is 11.9. The molecule has 1 aliphatic rings. The number of piperidine rings is 1. The highest BCUT2D eigenvalue weighted by Gasteiger charge is 2.39. The lowest BCUT2D eigenvalue weighted by Gasteiger charge is -2.38. The van der Waals surface area contributed by atoms with Gasteiger partial charge in [0.05, 0.1) is 16.1 Å². The monoisotopic (exact) mass is 282 g/mol. The van der Waals surface area contributed by atoms with E-state index in [2.05, 4.69) is 16.8 Å². The minimum Gasteiger partial charge on any atom is -0.481 e. The van der Waals surface area contributed by atoms with E-state index in [4.69, 9.17) is 0 Å². The number of carboxylic acids is 1. The first-order valence-corrected chi connectivity index (χ1v) is 7.67. The number of hydrogen-bond acceptors (Lipinski definition) is 4. The molecule has 2 heterocycles. The second-order valence-corrected chi connectivity index (χ2v) is 6.74. The molecule has 0 saturated carbocycles. The van der Waals surface area contributed by atoms with Crippen molar-refractivity contribution >= 4 is 17.3 Å². The number of aromatic nitrogens is 1. The minimum absolute atomic E-state index is 0.491. The van der Waals surface area contributed by atoms with Gasteiger partial charge >= 0.3 is 5.97 Å². The van der Waals surface area contributed by atoms with Crippen molar-refractivity contribution in [1.82, 2.24) is 9.88 Å². The van der Waals surface area contributed by atoms with Crippen LogP contribution < -0.4 is 0 Å². The molecule has 2 rings (SSSR count). The summed E-state index contributed by atoms with van der Waals surface area (Å²) in [5.41, 5.74) is 0.628.